The maximum atomic E-state index is 13.4. The van der Waals surface area contributed by atoms with Crippen LogP contribution >= 0.6 is 11.6 Å². The number of likely N-dealkylation sites (tertiary alicyclic amines) is 1. The molecule has 3 aromatic rings. The third kappa shape index (κ3) is 6.59. The Morgan fingerprint density at radius 3 is 2.69 bits per heavy atom. The van der Waals surface area contributed by atoms with Crippen molar-refractivity contribution in [2.45, 2.75) is 25.3 Å². The molecule has 1 atom stereocenters. The van der Waals surface area contributed by atoms with Gasteiger partial charge >= 0.3 is 0 Å². The van der Waals surface area contributed by atoms with Gasteiger partial charge in [0.25, 0.3) is 0 Å². The van der Waals surface area contributed by atoms with Gasteiger partial charge in [0.2, 0.25) is 23.5 Å². The molecule has 0 aliphatic carbocycles. The SMILES string of the molecule is COCCN(CC(=O)N1CCCCC1c1nc(-c2ccc(Cl)cc2)no1)C(=O)C=Cc1ccccc1. The molecule has 1 fully saturated rings. The molecule has 0 radical (unpaired) electrons. The van der Waals surface area contributed by atoms with Crippen molar-refractivity contribution in [3.05, 3.63) is 77.2 Å². The standard InChI is InChI=1S/C27H29ClN4O4/c1-35-18-17-31(24(33)15-10-20-7-3-2-4-8-20)19-25(34)32-16-6-5-9-23(32)27-29-26(30-36-27)21-11-13-22(28)14-12-21/h2-4,7-8,10-15,23H,5-6,9,16-19H2,1H3. The molecule has 0 N–H and O–H groups in total. The number of halogens is 1. The van der Waals surface area contributed by atoms with Crippen molar-refractivity contribution in [2.24, 2.45) is 0 Å². The molecule has 1 aliphatic rings. The minimum atomic E-state index is -0.334. The predicted molar refractivity (Wildman–Crippen MR) is 137 cm³/mol. The van der Waals surface area contributed by atoms with Crippen LogP contribution in [0.3, 0.4) is 0 Å². The zero-order chi connectivity index (χ0) is 25.3. The number of benzene rings is 2. The van der Waals surface area contributed by atoms with Crippen LogP contribution in [0.25, 0.3) is 17.5 Å². The largest absolute Gasteiger partial charge is 0.383 e. The summed E-state index contributed by atoms with van der Waals surface area (Å²) in [7, 11) is 1.57. The molecule has 2 amide bonds. The summed E-state index contributed by atoms with van der Waals surface area (Å²) in [5, 5.41) is 4.73. The Bertz CT molecular complexity index is 1180. The molecule has 1 unspecified atom stereocenters. The number of methoxy groups -OCH3 is 1. The van der Waals surface area contributed by atoms with Gasteiger partial charge in [-0.1, -0.05) is 47.1 Å². The topological polar surface area (TPSA) is 88.8 Å². The summed E-state index contributed by atoms with van der Waals surface area (Å²) in [5.41, 5.74) is 1.69. The first-order valence-corrected chi connectivity index (χ1v) is 12.3. The first kappa shape index (κ1) is 25.6. The smallest absolute Gasteiger partial charge is 0.249 e. The monoisotopic (exact) mass is 508 g/mol. The summed E-state index contributed by atoms with van der Waals surface area (Å²) in [4.78, 5) is 34.2. The summed E-state index contributed by atoms with van der Waals surface area (Å²) >= 11 is 5.98. The summed E-state index contributed by atoms with van der Waals surface area (Å²) in [6.45, 7) is 1.14. The van der Waals surface area contributed by atoms with Crippen LogP contribution in [0.15, 0.2) is 65.2 Å². The van der Waals surface area contributed by atoms with Crippen LogP contribution in [0.4, 0.5) is 0 Å². The molecule has 0 spiro atoms. The maximum absolute atomic E-state index is 13.4. The molecular weight excluding hydrogens is 480 g/mol. The van der Waals surface area contributed by atoms with Gasteiger partial charge in [0.05, 0.1) is 6.61 Å². The van der Waals surface area contributed by atoms with Crippen LogP contribution in [-0.4, -0.2) is 65.1 Å². The summed E-state index contributed by atoms with van der Waals surface area (Å²) in [6, 6.07) is 16.4. The van der Waals surface area contributed by atoms with Crippen LogP contribution in [0, 0.1) is 0 Å². The van der Waals surface area contributed by atoms with Crippen molar-refractivity contribution in [1.82, 2.24) is 19.9 Å². The van der Waals surface area contributed by atoms with E-state index in [1.165, 1.54) is 11.0 Å². The van der Waals surface area contributed by atoms with Crippen molar-refractivity contribution in [2.75, 3.05) is 33.4 Å². The fourth-order valence-corrected chi connectivity index (χ4v) is 4.26. The van der Waals surface area contributed by atoms with E-state index >= 15 is 0 Å². The second kappa shape index (κ2) is 12.5. The molecule has 36 heavy (non-hydrogen) atoms. The summed E-state index contributed by atoms with van der Waals surface area (Å²) in [5.74, 6) is 0.429. The fraction of sp³-hybridized carbons (Fsp3) is 0.333. The number of carbonyl (C=O) groups excluding carboxylic acids is 2. The van der Waals surface area contributed by atoms with Crippen molar-refractivity contribution in [3.8, 4) is 11.4 Å². The van der Waals surface area contributed by atoms with E-state index in [4.69, 9.17) is 20.9 Å². The molecule has 9 heteroatoms. The number of hydrogen-bond acceptors (Lipinski definition) is 6. The zero-order valence-corrected chi connectivity index (χ0v) is 20.9. The molecule has 0 bridgehead atoms. The normalized spacial score (nSPS) is 15.8. The maximum Gasteiger partial charge on any atom is 0.249 e. The van der Waals surface area contributed by atoms with E-state index in [0.29, 0.717) is 42.9 Å². The molecule has 2 heterocycles. The number of carbonyl (C=O) groups is 2. The van der Waals surface area contributed by atoms with Gasteiger partial charge < -0.3 is 19.1 Å². The Morgan fingerprint density at radius 2 is 1.94 bits per heavy atom. The van der Waals surface area contributed by atoms with Crippen LogP contribution in [0.1, 0.15) is 36.8 Å². The fourth-order valence-electron chi connectivity index (χ4n) is 4.13. The van der Waals surface area contributed by atoms with Gasteiger partial charge in [-0.05, 0) is 55.2 Å². The number of rotatable bonds is 9. The quantitative estimate of drug-likeness (QED) is 0.391. The van der Waals surface area contributed by atoms with E-state index in [0.717, 1.165) is 24.0 Å². The second-order valence-corrected chi connectivity index (χ2v) is 8.99. The Labute approximate surface area is 215 Å². The zero-order valence-electron chi connectivity index (χ0n) is 20.2. The molecular formula is C27H29ClN4O4. The number of nitrogens with zero attached hydrogens (tertiary/aromatic N) is 4. The number of aromatic nitrogens is 2. The average molecular weight is 509 g/mol. The van der Waals surface area contributed by atoms with Crippen LogP contribution in [0.2, 0.25) is 5.02 Å². The van der Waals surface area contributed by atoms with Crippen LogP contribution in [-0.2, 0) is 14.3 Å². The number of amides is 2. The Morgan fingerprint density at radius 1 is 1.17 bits per heavy atom. The lowest BCUT2D eigenvalue weighted by Gasteiger charge is -2.35. The van der Waals surface area contributed by atoms with Gasteiger partial charge in [0.1, 0.15) is 12.6 Å². The minimum Gasteiger partial charge on any atom is -0.383 e. The van der Waals surface area contributed by atoms with Gasteiger partial charge in [-0.25, -0.2) is 0 Å². The van der Waals surface area contributed by atoms with Crippen LogP contribution < -0.4 is 0 Å². The molecule has 2 aromatic carbocycles. The van der Waals surface area contributed by atoms with Crippen LogP contribution in [0.5, 0.6) is 0 Å². The van der Waals surface area contributed by atoms with E-state index in [-0.39, 0.29) is 24.4 Å². The number of hydrogen-bond donors (Lipinski definition) is 0. The van der Waals surface area contributed by atoms with Gasteiger partial charge in [-0.15, -0.1) is 0 Å². The third-order valence-electron chi connectivity index (χ3n) is 6.07. The Hall–Kier alpha value is -3.49. The van der Waals surface area contributed by atoms with E-state index in [1.54, 1.807) is 30.2 Å². The summed E-state index contributed by atoms with van der Waals surface area (Å²) in [6.07, 6.45) is 5.77. The Balaban J connectivity index is 1.47. The van der Waals surface area contributed by atoms with E-state index in [1.807, 2.05) is 42.5 Å². The van der Waals surface area contributed by atoms with E-state index in [9.17, 15) is 9.59 Å². The molecule has 8 nitrogen and oxygen atoms in total. The molecule has 4 rings (SSSR count). The second-order valence-electron chi connectivity index (χ2n) is 8.56. The van der Waals surface area contributed by atoms with E-state index in [2.05, 4.69) is 10.1 Å². The molecule has 1 aromatic heterocycles. The van der Waals surface area contributed by atoms with Gasteiger partial charge in [0.15, 0.2) is 0 Å². The first-order valence-electron chi connectivity index (χ1n) is 11.9. The van der Waals surface area contributed by atoms with E-state index < -0.39 is 0 Å². The van der Waals surface area contributed by atoms with Crippen molar-refractivity contribution >= 4 is 29.5 Å². The first-order chi connectivity index (χ1) is 17.5. The Kier molecular flexibility index (Phi) is 8.86. The average Bonchev–Trinajstić information content (AvgIpc) is 3.41. The lowest BCUT2D eigenvalue weighted by atomic mass is 10.0. The number of ether oxygens (including phenoxy) is 1. The number of piperidine rings is 1. The van der Waals surface area contributed by atoms with Crippen molar-refractivity contribution in [3.63, 3.8) is 0 Å². The highest BCUT2D eigenvalue weighted by molar-refractivity contribution is 6.30. The highest BCUT2D eigenvalue weighted by atomic mass is 35.5. The third-order valence-corrected chi connectivity index (χ3v) is 6.33. The highest BCUT2D eigenvalue weighted by Gasteiger charge is 2.33. The lowest BCUT2D eigenvalue weighted by Crippen LogP contribution is -2.46. The van der Waals surface area contributed by atoms with Gasteiger partial charge in [-0.3, -0.25) is 9.59 Å². The van der Waals surface area contributed by atoms with Gasteiger partial charge in [-0.2, -0.15) is 4.98 Å². The molecule has 188 valence electrons. The van der Waals surface area contributed by atoms with Gasteiger partial charge in [0, 0.05) is 36.9 Å². The predicted octanol–water partition coefficient (Wildman–Crippen LogP) is 4.63. The van der Waals surface area contributed by atoms with Crippen molar-refractivity contribution < 1.29 is 18.8 Å². The molecule has 0 saturated carbocycles. The lowest BCUT2D eigenvalue weighted by molar-refractivity contribution is -0.141. The summed E-state index contributed by atoms with van der Waals surface area (Å²) < 4.78 is 10.7. The minimum absolute atomic E-state index is 0.0595. The highest BCUT2D eigenvalue weighted by Crippen LogP contribution is 2.31. The molecule has 1 aliphatic heterocycles. The van der Waals surface area contributed by atoms with Crippen molar-refractivity contribution in [1.29, 1.82) is 0 Å². The molecule has 1 saturated heterocycles.